The highest BCUT2D eigenvalue weighted by molar-refractivity contribution is 7.47. The van der Waals surface area contributed by atoms with Gasteiger partial charge in [0.1, 0.15) is 19.3 Å². The molecule has 0 saturated heterocycles. The molecular weight excluding hydrogens is 1280 g/mol. The molecule has 6 atom stereocenters. The number of unbranched alkanes of at least 4 members (excludes halogenated alkanes) is 39. The van der Waals surface area contributed by atoms with Crippen LogP contribution in [0.1, 0.15) is 382 Å². The van der Waals surface area contributed by atoms with E-state index >= 15 is 0 Å². The maximum atomic E-state index is 13.1. The molecule has 17 nitrogen and oxygen atoms in total. The van der Waals surface area contributed by atoms with Crippen molar-refractivity contribution in [2.45, 2.75) is 401 Å². The molecule has 0 aromatic rings. The Morgan fingerprint density at radius 2 is 0.602 bits per heavy atom. The summed E-state index contributed by atoms with van der Waals surface area (Å²) < 4.78 is 68.5. The second kappa shape index (κ2) is 68.9. The molecule has 19 heteroatoms. The van der Waals surface area contributed by atoms with Crippen LogP contribution in [0.25, 0.3) is 0 Å². The summed E-state index contributed by atoms with van der Waals surface area (Å²) in [6.07, 6.45) is 59.3. The molecule has 98 heavy (non-hydrogen) atoms. The summed E-state index contributed by atoms with van der Waals surface area (Å²) in [7, 11) is -9.93. The maximum absolute atomic E-state index is 13.1. The van der Waals surface area contributed by atoms with Gasteiger partial charge < -0.3 is 33.8 Å². The fraction of sp³-hybridized carbons (Fsp3) is 0.899. The van der Waals surface area contributed by atoms with Crippen molar-refractivity contribution in [1.29, 1.82) is 0 Å². The van der Waals surface area contributed by atoms with Crippen LogP contribution < -0.4 is 0 Å². The summed E-state index contributed by atoms with van der Waals surface area (Å²) in [4.78, 5) is 72.8. The molecule has 0 aromatic carbocycles. The van der Waals surface area contributed by atoms with Gasteiger partial charge in [-0.1, -0.05) is 330 Å². The first-order valence-electron chi connectivity index (χ1n) is 40.2. The summed E-state index contributed by atoms with van der Waals surface area (Å²) in [5, 5.41) is 10.6. The molecule has 3 N–H and O–H groups in total. The Morgan fingerprint density at radius 1 is 0.337 bits per heavy atom. The quantitative estimate of drug-likeness (QED) is 0.0169. The van der Waals surface area contributed by atoms with Crippen LogP contribution in [0, 0.1) is 17.8 Å². The number of hydrogen-bond donors (Lipinski definition) is 3. The Hall–Kier alpha value is -2.46. The van der Waals surface area contributed by atoms with Gasteiger partial charge in [-0.15, -0.1) is 0 Å². The van der Waals surface area contributed by atoms with Crippen LogP contribution in [0.4, 0.5) is 0 Å². The Kier molecular flexibility index (Phi) is 67.2. The lowest BCUT2D eigenvalue weighted by Crippen LogP contribution is -2.30. The number of aliphatic hydroxyl groups is 1. The van der Waals surface area contributed by atoms with E-state index in [0.717, 1.165) is 121 Å². The Bertz CT molecular complexity index is 2000. The van der Waals surface area contributed by atoms with Gasteiger partial charge >= 0.3 is 39.5 Å². The third kappa shape index (κ3) is 70.6. The molecule has 0 aromatic heterocycles. The van der Waals surface area contributed by atoms with Crippen molar-refractivity contribution in [3.8, 4) is 0 Å². The minimum absolute atomic E-state index is 0.100. The minimum Gasteiger partial charge on any atom is -0.462 e. The predicted octanol–water partition coefficient (Wildman–Crippen LogP) is 22.9. The number of carbonyl (C=O) groups is 4. The van der Waals surface area contributed by atoms with Crippen molar-refractivity contribution in [2.24, 2.45) is 17.8 Å². The summed E-state index contributed by atoms with van der Waals surface area (Å²) >= 11 is 0. The molecule has 578 valence electrons. The van der Waals surface area contributed by atoms with Crippen molar-refractivity contribution < 1.29 is 80.2 Å². The molecule has 0 fully saturated rings. The van der Waals surface area contributed by atoms with Crippen LogP contribution in [0.5, 0.6) is 0 Å². The van der Waals surface area contributed by atoms with E-state index in [9.17, 15) is 43.2 Å². The number of ether oxygens (including phenoxy) is 4. The monoisotopic (exact) mass is 1430 g/mol. The highest BCUT2D eigenvalue weighted by atomic mass is 31.2. The standard InChI is InChI=1S/C79H150O17P2/c1-8-10-11-12-13-14-15-16-21-25-28-31-39-46-53-60-76(81)89-66-74(95-78(83)62-55-48-41-32-29-26-23-20-18-17-19-22-24-27-30-38-45-52-59-72(7)9-2)68-93-97(85,86)91-64-73(80)65-92-98(87,88)94-69-75(96-79(84)63-56-49-42-35-37-44-51-58-71(5)6)67-90-77(82)61-54-47-40-34-33-36-43-50-57-70(3)4/h14-16,21,70-75,80H,8-13,17-20,22-69H2,1-7H3,(H,85,86)(H,87,88)/b15-14-,21-16-/t72?,73?,74-,75-/m1/s1. The zero-order chi connectivity index (χ0) is 72.3. The van der Waals surface area contributed by atoms with Crippen LogP contribution in [0.3, 0.4) is 0 Å². The SMILES string of the molecule is CCCCCC/C=C\C=C/CCCCCCCC(=O)OC[C@H](COP(=O)(O)OCC(O)COP(=O)(O)OC[C@@H](COC(=O)CCCCCCCCCCC(C)C)OC(=O)CCCCCCCCCC(C)C)OC(=O)CCCCCCCCCCCCCCCCCCCCC(C)CC. The van der Waals surface area contributed by atoms with Gasteiger partial charge in [0.25, 0.3) is 0 Å². The molecule has 0 aliphatic rings. The van der Waals surface area contributed by atoms with Crippen LogP contribution in [0.15, 0.2) is 24.3 Å². The van der Waals surface area contributed by atoms with Gasteiger partial charge in [-0.25, -0.2) is 9.13 Å². The lowest BCUT2D eigenvalue weighted by Gasteiger charge is -2.21. The summed E-state index contributed by atoms with van der Waals surface area (Å²) in [6, 6.07) is 0. The Morgan fingerprint density at radius 3 is 0.908 bits per heavy atom. The predicted molar refractivity (Wildman–Crippen MR) is 400 cm³/mol. The molecule has 0 radical (unpaired) electrons. The Balaban J connectivity index is 5.23. The highest BCUT2D eigenvalue weighted by Gasteiger charge is 2.30. The van der Waals surface area contributed by atoms with Crippen molar-refractivity contribution in [3.05, 3.63) is 24.3 Å². The lowest BCUT2D eigenvalue weighted by molar-refractivity contribution is -0.161. The minimum atomic E-state index is -4.97. The number of phosphoric ester groups is 2. The van der Waals surface area contributed by atoms with E-state index in [0.29, 0.717) is 31.6 Å². The van der Waals surface area contributed by atoms with Crippen LogP contribution in [-0.4, -0.2) is 96.7 Å². The first kappa shape index (κ1) is 95.5. The van der Waals surface area contributed by atoms with Gasteiger partial charge in [-0.3, -0.25) is 37.3 Å². The number of hydrogen-bond acceptors (Lipinski definition) is 15. The van der Waals surface area contributed by atoms with Crippen LogP contribution in [0.2, 0.25) is 0 Å². The molecule has 0 bridgehead atoms. The molecule has 0 heterocycles. The highest BCUT2D eigenvalue weighted by Crippen LogP contribution is 2.45. The van der Waals surface area contributed by atoms with Gasteiger partial charge in [0.15, 0.2) is 12.2 Å². The van der Waals surface area contributed by atoms with E-state index in [2.05, 4.69) is 72.8 Å². The molecule has 0 saturated carbocycles. The lowest BCUT2D eigenvalue weighted by atomic mass is 9.99. The largest absolute Gasteiger partial charge is 0.472 e. The fourth-order valence-corrected chi connectivity index (χ4v) is 13.1. The molecule has 0 amide bonds. The fourth-order valence-electron chi connectivity index (χ4n) is 11.6. The average Bonchev–Trinajstić information content (AvgIpc) is 1.05. The van der Waals surface area contributed by atoms with Gasteiger partial charge in [-0.2, -0.15) is 0 Å². The van der Waals surface area contributed by atoms with E-state index in [-0.39, 0.29) is 25.7 Å². The van der Waals surface area contributed by atoms with Crippen molar-refractivity contribution >= 4 is 39.5 Å². The number of phosphoric acid groups is 2. The number of aliphatic hydroxyl groups excluding tert-OH is 1. The van der Waals surface area contributed by atoms with Gasteiger partial charge in [0.2, 0.25) is 0 Å². The number of allylic oxidation sites excluding steroid dienone is 4. The third-order valence-corrected chi connectivity index (χ3v) is 20.0. The van der Waals surface area contributed by atoms with Crippen molar-refractivity contribution in [3.63, 3.8) is 0 Å². The smallest absolute Gasteiger partial charge is 0.462 e. The second-order valence-electron chi connectivity index (χ2n) is 29.0. The molecule has 0 aliphatic heterocycles. The van der Waals surface area contributed by atoms with Crippen molar-refractivity contribution in [1.82, 2.24) is 0 Å². The molecular formula is C79H150O17P2. The summed E-state index contributed by atoms with van der Waals surface area (Å²) in [6.45, 7) is 11.8. The molecule has 4 unspecified atom stereocenters. The maximum Gasteiger partial charge on any atom is 0.472 e. The van der Waals surface area contributed by atoms with E-state index in [1.807, 2.05) is 0 Å². The normalized spacial score (nSPS) is 14.4. The molecule has 0 spiro atoms. The topological polar surface area (TPSA) is 237 Å². The Labute approximate surface area is 599 Å². The summed E-state index contributed by atoms with van der Waals surface area (Å²) in [5.74, 6) is 0.139. The number of carbonyl (C=O) groups excluding carboxylic acids is 4. The molecule has 0 aliphatic carbocycles. The zero-order valence-electron chi connectivity index (χ0n) is 63.7. The van der Waals surface area contributed by atoms with E-state index < -0.39 is 97.5 Å². The van der Waals surface area contributed by atoms with Gasteiger partial charge in [0.05, 0.1) is 26.4 Å². The number of esters is 4. The van der Waals surface area contributed by atoms with Gasteiger partial charge in [-0.05, 0) is 69.1 Å². The van der Waals surface area contributed by atoms with E-state index in [4.69, 9.17) is 37.0 Å². The van der Waals surface area contributed by atoms with Crippen molar-refractivity contribution in [2.75, 3.05) is 39.6 Å². The average molecular weight is 1430 g/mol. The van der Waals surface area contributed by atoms with E-state index in [1.165, 1.54) is 173 Å². The van der Waals surface area contributed by atoms with Gasteiger partial charge in [0, 0.05) is 25.7 Å². The van der Waals surface area contributed by atoms with E-state index in [1.54, 1.807) is 0 Å². The number of rotatable bonds is 75. The third-order valence-electron chi connectivity index (χ3n) is 18.1. The molecule has 0 rings (SSSR count). The van der Waals surface area contributed by atoms with Crippen LogP contribution in [-0.2, 0) is 65.4 Å². The second-order valence-corrected chi connectivity index (χ2v) is 31.9. The van der Waals surface area contributed by atoms with Crippen LogP contribution >= 0.6 is 15.6 Å². The first-order valence-corrected chi connectivity index (χ1v) is 43.2. The summed E-state index contributed by atoms with van der Waals surface area (Å²) in [5.41, 5.74) is 0. The first-order chi connectivity index (χ1) is 47.3. The zero-order valence-corrected chi connectivity index (χ0v) is 65.5.